The average Bonchev–Trinajstić information content (AvgIpc) is 2.27. The van der Waals surface area contributed by atoms with Crippen LogP contribution in [0, 0.1) is 0 Å². The summed E-state index contributed by atoms with van der Waals surface area (Å²) < 4.78 is 17.5. The van der Waals surface area contributed by atoms with Crippen molar-refractivity contribution in [2.75, 3.05) is 47.6 Å². The second-order valence-corrected chi connectivity index (χ2v) is 7.49. The third-order valence-electron chi connectivity index (χ3n) is 3.40. The highest BCUT2D eigenvalue weighted by molar-refractivity contribution is 6.60. The van der Waals surface area contributed by atoms with Crippen molar-refractivity contribution in [2.45, 2.75) is 19.3 Å². The van der Waals surface area contributed by atoms with Crippen LogP contribution >= 0.6 is 0 Å². The zero-order chi connectivity index (χ0) is 11.4. The standard InChI is InChI=1S/C10H24NO3Si/c1-11(8-6-5-7-9-11)10-15(12-2,13-3)14-4/h5-10H2,1-4H3/q+1. The van der Waals surface area contributed by atoms with Gasteiger partial charge in [-0.15, -0.1) is 0 Å². The molecule has 0 saturated carbocycles. The summed E-state index contributed by atoms with van der Waals surface area (Å²) in [5, 5.41) is 0. The van der Waals surface area contributed by atoms with Gasteiger partial charge in [-0.1, -0.05) is 0 Å². The quantitative estimate of drug-likeness (QED) is 0.525. The number of nitrogens with zero attached hydrogens (tertiary/aromatic N) is 1. The first-order chi connectivity index (χ1) is 7.10. The summed E-state index contributed by atoms with van der Waals surface area (Å²) in [6, 6.07) is 0. The van der Waals surface area contributed by atoms with Gasteiger partial charge in [0.15, 0.2) is 0 Å². The second-order valence-electron chi connectivity index (χ2n) is 4.58. The molecule has 0 atom stereocenters. The lowest BCUT2D eigenvalue weighted by atomic mass is 10.1. The maximum absolute atomic E-state index is 5.48. The number of piperidine rings is 1. The van der Waals surface area contributed by atoms with Gasteiger partial charge in [0.1, 0.15) is 6.17 Å². The van der Waals surface area contributed by atoms with Crippen molar-refractivity contribution >= 4 is 8.80 Å². The number of likely N-dealkylation sites (tertiary alicyclic amines) is 1. The van der Waals surface area contributed by atoms with Crippen LogP contribution < -0.4 is 0 Å². The van der Waals surface area contributed by atoms with Gasteiger partial charge in [-0.05, 0) is 19.3 Å². The first-order valence-electron chi connectivity index (χ1n) is 5.59. The highest BCUT2D eigenvalue weighted by atomic mass is 28.4. The van der Waals surface area contributed by atoms with Crippen LogP contribution in [0.4, 0.5) is 0 Å². The van der Waals surface area contributed by atoms with Gasteiger partial charge in [0.05, 0.1) is 20.1 Å². The SMILES string of the molecule is CO[Si](C[N+]1(C)CCCCC1)(OC)OC. The van der Waals surface area contributed by atoms with E-state index in [4.69, 9.17) is 13.3 Å². The van der Waals surface area contributed by atoms with Crippen LogP contribution in [0.5, 0.6) is 0 Å². The molecule has 0 aliphatic carbocycles. The fourth-order valence-corrected chi connectivity index (χ4v) is 4.48. The molecule has 1 aliphatic rings. The van der Waals surface area contributed by atoms with Crippen molar-refractivity contribution in [1.29, 1.82) is 0 Å². The molecule has 1 fully saturated rings. The summed E-state index contributed by atoms with van der Waals surface area (Å²) in [7, 11) is 4.94. The zero-order valence-electron chi connectivity index (χ0n) is 10.4. The minimum absolute atomic E-state index is 0.885. The Morgan fingerprint density at radius 3 is 1.80 bits per heavy atom. The van der Waals surface area contributed by atoms with E-state index >= 15 is 0 Å². The number of hydrogen-bond donors (Lipinski definition) is 0. The summed E-state index contributed by atoms with van der Waals surface area (Å²) >= 11 is 0. The molecule has 0 aromatic heterocycles. The largest absolute Gasteiger partial charge is 0.558 e. The molecule has 0 amide bonds. The van der Waals surface area contributed by atoms with Crippen molar-refractivity contribution in [3.05, 3.63) is 0 Å². The molecule has 0 N–H and O–H groups in total. The molecule has 15 heavy (non-hydrogen) atoms. The minimum atomic E-state index is -2.40. The molecule has 0 bridgehead atoms. The Morgan fingerprint density at radius 2 is 1.40 bits per heavy atom. The second kappa shape index (κ2) is 5.40. The molecule has 5 heteroatoms. The highest BCUT2D eigenvalue weighted by Gasteiger charge is 2.47. The molecule has 0 spiro atoms. The van der Waals surface area contributed by atoms with Gasteiger partial charge in [-0.3, -0.25) is 0 Å². The fourth-order valence-electron chi connectivity index (χ4n) is 2.34. The average molecular weight is 234 g/mol. The molecule has 1 heterocycles. The van der Waals surface area contributed by atoms with Crippen molar-refractivity contribution in [3.8, 4) is 0 Å². The van der Waals surface area contributed by atoms with E-state index < -0.39 is 8.80 Å². The van der Waals surface area contributed by atoms with E-state index in [0.29, 0.717) is 0 Å². The molecular formula is C10H24NO3Si+. The molecule has 1 saturated heterocycles. The van der Waals surface area contributed by atoms with Crippen LogP contribution in [0.25, 0.3) is 0 Å². The van der Waals surface area contributed by atoms with E-state index in [-0.39, 0.29) is 0 Å². The maximum atomic E-state index is 5.48. The number of quaternary nitrogens is 1. The van der Waals surface area contributed by atoms with Gasteiger partial charge in [-0.2, -0.15) is 0 Å². The summed E-state index contributed by atoms with van der Waals surface area (Å²) in [6.07, 6.45) is 4.85. The van der Waals surface area contributed by atoms with Gasteiger partial charge < -0.3 is 17.8 Å². The van der Waals surface area contributed by atoms with Crippen LogP contribution in [0.3, 0.4) is 0 Å². The third-order valence-corrected chi connectivity index (χ3v) is 6.42. The van der Waals surface area contributed by atoms with E-state index in [1.54, 1.807) is 21.3 Å². The van der Waals surface area contributed by atoms with Crippen LogP contribution in [-0.2, 0) is 13.3 Å². The highest BCUT2D eigenvalue weighted by Crippen LogP contribution is 2.20. The lowest BCUT2D eigenvalue weighted by Gasteiger charge is -2.41. The first kappa shape index (κ1) is 13.1. The van der Waals surface area contributed by atoms with E-state index in [9.17, 15) is 0 Å². The van der Waals surface area contributed by atoms with Gasteiger partial charge in [0.25, 0.3) is 0 Å². The van der Waals surface area contributed by atoms with Crippen LogP contribution in [0.2, 0.25) is 0 Å². The molecule has 90 valence electrons. The van der Waals surface area contributed by atoms with Gasteiger partial charge >= 0.3 is 8.80 Å². The predicted octanol–water partition coefficient (Wildman–Crippen LogP) is 1.03. The third kappa shape index (κ3) is 3.25. The number of hydrogen-bond acceptors (Lipinski definition) is 3. The van der Waals surface area contributed by atoms with Crippen molar-refractivity contribution in [2.24, 2.45) is 0 Å². The Balaban J connectivity index is 2.63. The topological polar surface area (TPSA) is 27.7 Å². The molecule has 1 aliphatic heterocycles. The lowest BCUT2D eigenvalue weighted by Crippen LogP contribution is -2.62. The Hall–Kier alpha value is 0.0569. The molecule has 0 aromatic rings. The van der Waals surface area contributed by atoms with E-state index in [1.807, 2.05) is 0 Å². The molecule has 0 radical (unpaired) electrons. The van der Waals surface area contributed by atoms with Gasteiger partial charge in [-0.25, -0.2) is 0 Å². The normalized spacial score (nSPS) is 21.6. The summed E-state index contributed by atoms with van der Waals surface area (Å²) in [5.41, 5.74) is 0. The van der Waals surface area contributed by atoms with E-state index in [0.717, 1.165) is 10.7 Å². The van der Waals surface area contributed by atoms with Gasteiger partial charge in [0, 0.05) is 21.3 Å². The lowest BCUT2D eigenvalue weighted by molar-refractivity contribution is -0.906. The Kier molecular flexibility index (Phi) is 4.73. The van der Waals surface area contributed by atoms with Crippen molar-refractivity contribution in [1.82, 2.24) is 0 Å². The fraction of sp³-hybridized carbons (Fsp3) is 1.00. The monoisotopic (exact) mass is 234 g/mol. The maximum Gasteiger partial charge on any atom is 0.558 e. The van der Waals surface area contributed by atoms with Crippen LogP contribution in [-0.4, -0.2) is 60.9 Å². The van der Waals surface area contributed by atoms with Crippen LogP contribution in [0.1, 0.15) is 19.3 Å². The Labute approximate surface area is 94.1 Å². The van der Waals surface area contributed by atoms with Gasteiger partial charge in [0.2, 0.25) is 0 Å². The molecular weight excluding hydrogens is 210 g/mol. The smallest absolute Gasteiger partial charge is 0.374 e. The predicted molar refractivity (Wildman–Crippen MR) is 61.4 cm³/mol. The first-order valence-corrected chi connectivity index (χ1v) is 7.52. The molecule has 0 unspecified atom stereocenters. The van der Waals surface area contributed by atoms with Crippen molar-refractivity contribution in [3.63, 3.8) is 0 Å². The Morgan fingerprint density at radius 1 is 0.933 bits per heavy atom. The van der Waals surface area contributed by atoms with E-state index in [2.05, 4.69) is 7.05 Å². The summed E-state index contributed by atoms with van der Waals surface area (Å²) in [4.78, 5) is 0. The molecule has 1 rings (SSSR count). The van der Waals surface area contributed by atoms with Crippen molar-refractivity contribution < 1.29 is 17.8 Å². The molecule has 0 aromatic carbocycles. The zero-order valence-corrected chi connectivity index (χ0v) is 11.4. The molecule has 4 nitrogen and oxygen atoms in total. The van der Waals surface area contributed by atoms with Crippen LogP contribution in [0.15, 0.2) is 0 Å². The number of rotatable bonds is 5. The minimum Gasteiger partial charge on any atom is -0.374 e. The Bertz CT molecular complexity index is 183. The summed E-state index contributed by atoms with van der Waals surface area (Å²) in [5.74, 6) is 0. The van der Waals surface area contributed by atoms with E-state index in [1.165, 1.54) is 32.4 Å². The summed E-state index contributed by atoms with van der Waals surface area (Å²) in [6.45, 7) is 2.43.